The van der Waals surface area contributed by atoms with Crippen LogP contribution in [-0.2, 0) is 14.8 Å². The van der Waals surface area contributed by atoms with Crippen LogP contribution in [0.25, 0.3) is 0 Å². The lowest BCUT2D eigenvalue weighted by Crippen LogP contribution is -2.56. The van der Waals surface area contributed by atoms with Gasteiger partial charge in [-0.05, 0) is 56.4 Å². The van der Waals surface area contributed by atoms with Crippen molar-refractivity contribution >= 4 is 15.9 Å². The fourth-order valence-electron chi connectivity index (χ4n) is 5.27. The van der Waals surface area contributed by atoms with E-state index in [1.54, 1.807) is 31.4 Å². The van der Waals surface area contributed by atoms with Gasteiger partial charge in [-0.25, -0.2) is 8.42 Å². The van der Waals surface area contributed by atoms with Crippen molar-refractivity contribution in [3.05, 3.63) is 24.3 Å². The smallest absolute Gasteiger partial charge is 0.243 e. The topological polar surface area (TPSA) is 87.2 Å². The highest BCUT2D eigenvalue weighted by atomic mass is 32.2. The van der Waals surface area contributed by atoms with Crippen molar-refractivity contribution in [1.82, 2.24) is 9.21 Å². The van der Waals surface area contributed by atoms with E-state index in [9.17, 15) is 18.3 Å². The molecule has 166 valence electrons. The number of rotatable bonds is 4. The summed E-state index contributed by atoms with van der Waals surface area (Å²) < 4.78 is 32.4. The van der Waals surface area contributed by atoms with Gasteiger partial charge in [0.2, 0.25) is 15.9 Å². The summed E-state index contributed by atoms with van der Waals surface area (Å²) in [7, 11) is -2.02. The molecule has 1 aliphatic carbocycles. The number of ether oxygens (including phenoxy) is 1. The van der Waals surface area contributed by atoms with Gasteiger partial charge < -0.3 is 14.7 Å². The van der Waals surface area contributed by atoms with E-state index in [4.69, 9.17) is 4.74 Å². The minimum atomic E-state index is -3.57. The van der Waals surface area contributed by atoms with E-state index in [0.717, 1.165) is 25.7 Å². The van der Waals surface area contributed by atoms with Gasteiger partial charge in [0.1, 0.15) is 5.75 Å². The maximum atomic E-state index is 13.1. The molecule has 30 heavy (non-hydrogen) atoms. The highest BCUT2D eigenvalue weighted by Gasteiger charge is 2.45. The number of benzene rings is 1. The predicted molar refractivity (Wildman–Crippen MR) is 113 cm³/mol. The number of nitrogens with zero attached hydrogens (tertiary/aromatic N) is 2. The van der Waals surface area contributed by atoms with Crippen LogP contribution in [0.5, 0.6) is 5.75 Å². The first-order valence-electron chi connectivity index (χ1n) is 11.0. The van der Waals surface area contributed by atoms with E-state index in [0.29, 0.717) is 51.2 Å². The number of sulfonamides is 1. The Morgan fingerprint density at radius 1 is 1.07 bits per heavy atom. The van der Waals surface area contributed by atoms with E-state index in [1.807, 2.05) is 4.90 Å². The van der Waals surface area contributed by atoms with Gasteiger partial charge in [-0.1, -0.05) is 12.8 Å². The van der Waals surface area contributed by atoms with Crippen LogP contribution in [0.4, 0.5) is 0 Å². The number of hydrogen-bond acceptors (Lipinski definition) is 5. The largest absolute Gasteiger partial charge is 0.497 e. The summed E-state index contributed by atoms with van der Waals surface area (Å²) in [5, 5.41) is 10.8. The second kappa shape index (κ2) is 8.48. The van der Waals surface area contributed by atoms with Crippen LogP contribution >= 0.6 is 0 Å². The number of aliphatic hydroxyl groups is 1. The predicted octanol–water partition coefficient (Wildman–Crippen LogP) is 2.25. The zero-order valence-electron chi connectivity index (χ0n) is 17.6. The summed E-state index contributed by atoms with van der Waals surface area (Å²) in [5.41, 5.74) is -0.592. The molecule has 1 amide bonds. The highest BCUT2D eigenvalue weighted by Crippen LogP contribution is 2.40. The molecule has 2 aliphatic heterocycles. The Morgan fingerprint density at radius 3 is 2.43 bits per heavy atom. The van der Waals surface area contributed by atoms with Crippen molar-refractivity contribution in [3.8, 4) is 5.75 Å². The van der Waals surface area contributed by atoms with Gasteiger partial charge in [-0.3, -0.25) is 4.79 Å². The molecule has 2 atom stereocenters. The van der Waals surface area contributed by atoms with Gasteiger partial charge in [0.25, 0.3) is 0 Å². The van der Waals surface area contributed by atoms with Gasteiger partial charge in [0.15, 0.2) is 0 Å². The number of carbonyl (C=O) groups is 1. The third-order valence-corrected chi connectivity index (χ3v) is 9.15. The third-order valence-electron chi connectivity index (χ3n) is 7.24. The van der Waals surface area contributed by atoms with Gasteiger partial charge in [-0.2, -0.15) is 4.31 Å². The maximum absolute atomic E-state index is 13.1. The molecule has 3 aliphatic rings. The molecule has 1 aromatic rings. The number of amides is 1. The lowest BCUT2D eigenvalue weighted by molar-refractivity contribution is -0.148. The number of piperidine rings is 2. The van der Waals surface area contributed by atoms with Crippen molar-refractivity contribution < 1.29 is 23.1 Å². The molecule has 8 heteroatoms. The summed E-state index contributed by atoms with van der Waals surface area (Å²) in [6.45, 7) is 1.95. The third kappa shape index (κ3) is 4.09. The Morgan fingerprint density at radius 2 is 1.77 bits per heavy atom. The van der Waals surface area contributed by atoms with Gasteiger partial charge in [0.05, 0.1) is 17.6 Å². The van der Waals surface area contributed by atoms with E-state index in [2.05, 4.69) is 0 Å². The lowest BCUT2D eigenvalue weighted by Gasteiger charge is -2.48. The maximum Gasteiger partial charge on any atom is 0.243 e. The summed E-state index contributed by atoms with van der Waals surface area (Å²) in [5.74, 6) is 0.787. The second-order valence-corrected chi connectivity index (χ2v) is 10.9. The average Bonchev–Trinajstić information content (AvgIpc) is 2.78. The molecule has 4 rings (SSSR count). The molecule has 3 fully saturated rings. The molecule has 0 aromatic heterocycles. The summed E-state index contributed by atoms with van der Waals surface area (Å²) in [6.07, 6.45) is 5.77. The van der Waals surface area contributed by atoms with Gasteiger partial charge >= 0.3 is 0 Å². The molecular weight excluding hydrogens is 404 g/mol. The Balaban J connectivity index is 1.35. The monoisotopic (exact) mass is 436 g/mol. The highest BCUT2D eigenvalue weighted by molar-refractivity contribution is 7.89. The SMILES string of the molecule is COc1ccc(S(=O)(=O)N2CCC(C(=O)N3CC[C@]4(O)CCCC[C@@H]4C3)CC2)cc1. The van der Waals surface area contributed by atoms with Crippen LogP contribution in [-0.4, -0.2) is 67.5 Å². The minimum absolute atomic E-state index is 0.129. The molecule has 2 heterocycles. The number of carbonyl (C=O) groups excluding carboxylic acids is 1. The molecule has 0 bridgehead atoms. The van der Waals surface area contributed by atoms with Gasteiger partial charge in [-0.15, -0.1) is 0 Å². The van der Waals surface area contributed by atoms with Crippen molar-refractivity contribution in [3.63, 3.8) is 0 Å². The van der Waals surface area contributed by atoms with E-state index in [1.165, 1.54) is 4.31 Å². The second-order valence-electron chi connectivity index (χ2n) is 8.93. The summed E-state index contributed by atoms with van der Waals surface area (Å²) in [6, 6.07) is 6.41. The van der Waals surface area contributed by atoms with E-state index >= 15 is 0 Å². The Kier molecular flexibility index (Phi) is 6.10. The van der Waals surface area contributed by atoms with Crippen molar-refractivity contribution in [2.45, 2.75) is 55.4 Å². The Labute approximate surface area is 179 Å². The molecule has 0 radical (unpaired) electrons. The van der Waals surface area contributed by atoms with Crippen LogP contribution in [0, 0.1) is 11.8 Å². The van der Waals surface area contributed by atoms with Crippen molar-refractivity contribution in [2.24, 2.45) is 11.8 Å². The van der Waals surface area contributed by atoms with E-state index in [-0.39, 0.29) is 22.6 Å². The average molecular weight is 437 g/mol. The minimum Gasteiger partial charge on any atom is -0.497 e. The fraction of sp³-hybridized carbons (Fsp3) is 0.682. The first-order valence-corrected chi connectivity index (χ1v) is 12.4. The molecule has 1 N–H and O–H groups in total. The normalized spacial score (nSPS) is 28.7. The van der Waals surface area contributed by atoms with Crippen LogP contribution in [0.1, 0.15) is 44.9 Å². The Hall–Kier alpha value is -1.64. The van der Waals surface area contributed by atoms with Crippen LogP contribution < -0.4 is 4.74 Å². The molecule has 1 aromatic carbocycles. The zero-order valence-corrected chi connectivity index (χ0v) is 18.4. The first kappa shape index (κ1) is 21.6. The van der Waals surface area contributed by atoms with Crippen molar-refractivity contribution in [2.75, 3.05) is 33.3 Å². The Bertz CT molecular complexity index is 864. The fourth-order valence-corrected chi connectivity index (χ4v) is 6.74. The summed E-state index contributed by atoms with van der Waals surface area (Å²) >= 11 is 0. The van der Waals surface area contributed by atoms with Gasteiger partial charge in [0, 0.05) is 38.0 Å². The zero-order chi connectivity index (χ0) is 21.4. The number of hydrogen-bond donors (Lipinski definition) is 1. The van der Waals surface area contributed by atoms with Crippen LogP contribution in [0.2, 0.25) is 0 Å². The number of likely N-dealkylation sites (tertiary alicyclic amines) is 1. The summed E-state index contributed by atoms with van der Waals surface area (Å²) in [4.78, 5) is 15.3. The van der Waals surface area contributed by atoms with Crippen molar-refractivity contribution in [1.29, 1.82) is 0 Å². The van der Waals surface area contributed by atoms with Crippen LogP contribution in [0.15, 0.2) is 29.2 Å². The number of fused-ring (bicyclic) bond motifs is 1. The quantitative estimate of drug-likeness (QED) is 0.782. The first-order chi connectivity index (χ1) is 14.3. The molecule has 1 saturated carbocycles. The van der Waals surface area contributed by atoms with Crippen LogP contribution in [0.3, 0.4) is 0 Å². The standard InChI is InChI=1S/C22H32N2O5S/c1-29-19-5-7-20(8-6-19)30(27,28)24-13-9-17(10-14-24)21(25)23-15-12-22(26)11-3-2-4-18(22)16-23/h5-8,17-18,26H,2-4,9-16H2,1H3/t18-,22-/m1/s1. The molecular formula is C22H32N2O5S. The lowest BCUT2D eigenvalue weighted by atomic mass is 9.71. The molecule has 0 unspecified atom stereocenters. The molecule has 7 nitrogen and oxygen atoms in total. The molecule has 0 spiro atoms. The number of methoxy groups -OCH3 is 1. The molecule has 2 saturated heterocycles. The van der Waals surface area contributed by atoms with E-state index < -0.39 is 15.6 Å².